The predicted octanol–water partition coefficient (Wildman–Crippen LogP) is 0.732. The summed E-state index contributed by atoms with van der Waals surface area (Å²) in [5.74, 6) is 0.306. The standard InChI is InChI=1S/C19H31N3O4/c1-26-12-11-22-14-16(13-17(22)23)19(25)21-9-7-20(8-10-21)18(24)15-5-3-2-4-6-15/h15-16H,2-14H2,1H3. The van der Waals surface area contributed by atoms with Gasteiger partial charge < -0.3 is 19.4 Å². The minimum atomic E-state index is -0.250. The molecule has 26 heavy (non-hydrogen) atoms. The molecule has 0 aromatic heterocycles. The van der Waals surface area contributed by atoms with Crippen molar-refractivity contribution in [3.8, 4) is 0 Å². The average molecular weight is 365 g/mol. The first kappa shape index (κ1) is 19.1. The van der Waals surface area contributed by atoms with Crippen molar-refractivity contribution in [2.45, 2.75) is 38.5 Å². The van der Waals surface area contributed by atoms with Gasteiger partial charge in [-0.3, -0.25) is 14.4 Å². The lowest BCUT2D eigenvalue weighted by Gasteiger charge is -2.38. The summed E-state index contributed by atoms with van der Waals surface area (Å²) in [6.45, 7) is 3.93. The van der Waals surface area contributed by atoms with Crippen LogP contribution in [-0.2, 0) is 19.1 Å². The SMILES string of the molecule is COCCN1CC(C(=O)N2CCN(C(=O)C3CCCCC3)CC2)CC1=O. The first-order valence-electron chi connectivity index (χ1n) is 9.94. The maximum absolute atomic E-state index is 12.8. The van der Waals surface area contributed by atoms with Gasteiger partial charge in [0.1, 0.15) is 0 Å². The fourth-order valence-corrected chi connectivity index (χ4v) is 4.37. The summed E-state index contributed by atoms with van der Waals surface area (Å²) in [4.78, 5) is 42.9. The molecule has 0 N–H and O–H groups in total. The Morgan fingerprint density at radius 2 is 1.54 bits per heavy atom. The Bertz CT molecular complexity index is 525. The van der Waals surface area contributed by atoms with Gasteiger partial charge in [-0.05, 0) is 12.8 Å². The zero-order chi connectivity index (χ0) is 18.5. The van der Waals surface area contributed by atoms with Crippen molar-refractivity contribution in [2.75, 3.05) is 53.0 Å². The van der Waals surface area contributed by atoms with Crippen LogP contribution in [0, 0.1) is 11.8 Å². The fourth-order valence-electron chi connectivity index (χ4n) is 4.37. The van der Waals surface area contributed by atoms with Gasteiger partial charge in [-0.2, -0.15) is 0 Å². The molecular weight excluding hydrogens is 334 g/mol. The minimum Gasteiger partial charge on any atom is -0.383 e. The molecule has 1 saturated carbocycles. The van der Waals surface area contributed by atoms with E-state index in [9.17, 15) is 14.4 Å². The van der Waals surface area contributed by atoms with Gasteiger partial charge in [0.15, 0.2) is 0 Å². The van der Waals surface area contributed by atoms with Crippen molar-refractivity contribution in [3.05, 3.63) is 0 Å². The molecule has 2 heterocycles. The van der Waals surface area contributed by atoms with Gasteiger partial charge in [-0.1, -0.05) is 19.3 Å². The summed E-state index contributed by atoms with van der Waals surface area (Å²) >= 11 is 0. The molecule has 146 valence electrons. The summed E-state index contributed by atoms with van der Waals surface area (Å²) in [7, 11) is 1.61. The zero-order valence-corrected chi connectivity index (χ0v) is 15.8. The predicted molar refractivity (Wildman–Crippen MR) is 96.3 cm³/mol. The van der Waals surface area contributed by atoms with E-state index in [1.54, 1.807) is 12.0 Å². The van der Waals surface area contributed by atoms with Crippen LogP contribution >= 0.6 is 0 Å². The molecule has 0 radical (unpaired) electrons. The molecule has 2 aliphatic heterocycles. The van der Waals surface area contributed by atoms with Crippen molar-refractivity contribution in [1.82, 2.24) is 14.7 Å². The summed E-state index contributed by atoms with van der Waals surface area (Å²) in [5.41, 5.74) is 0. The molecule has 2 saturated heterocycles. The van der Waals surface area contributed by atoms with Crippen LogP contribution in [0.3, 0.4) is 0 Å². The van der Waals surface area contributed by atoms with Gasteiger partial charge >= 0.3 is 0 Å². The van der Waals surface area contributed by atoms with E-state index < -0.39 is 0 Å². The number of carbonyl (C=O) groups is 3. The van der Waals surface area contributed by atoms with Crippen LogP contribution in [0.25, 0.3) is 0 Å². The molecule has 0 aromatic carbocycles. The molecule has 3 rings (SSSR count). The molecule has 1 unspecified atom stereocenters. The highest BCUT2D eigenvalue weighted by Gasteiger charge is 2.37. The van der Waals surface area contributed by atoms with Crippen LogP contribution in [0.4, 0.5) is 0 Å². The Hall–Kier alpha value is -1.63. The summed E-state index contributed by atoms with van der Waals surface area (Å²) in [6.07, 6.45) is 5.88. The van der Waals surface area contributed by atoms with Crippen molar-refractivity contribution in [1.29, 1.82) is 0 Å². The van der Waals surface area contributed by atoms with E-state index in [0.29, 0.717) is 52.3 Å². The Kier molecular flexibility index (Phi) is 6.51. The van der Waals surface area contributed by atoms with Gasteiger partial charge in [0.05, 0.1) is 12.5 Å². The number of piperazine rings is 1. The number of nitrogens with zero attached hydrogens (tertiary/aromatic N) is 3. The zero-order valence-electron chi connectivity index (χ0n) is 15.8. The Balaban J connectivity index is 1.46. The average Bonchev–Trinajstić information content (AvgIpc) is 3.06. The number of hydrogen-bond donors (Lipinski definition) is 0. The monoisotopic (exact) mass is 365 g/mol. The van der Waals surface area contributed by atoms with E-state index in [1.165, 1.54) is 6.42 Å². The molecule has 7 heteroatoms. The second-order valence-corrected chi connectivity index (χ2v) is 7.72. The first-order valence-corrected chi connectivity index (χ1v) is 9.94. The topological polar surface area (TPSA) is 70.2 Å². The van der Waals surface area contributed by atoms with Gasteiger partial charge in [0.2, 0.25) is 17.7 Å². The Morgan fingerprint density at radius 1 is 0.962 bits per heavy atom. The molecule has 3 aliphatic rings. The van der Waals surface area contributed by atoms with E-state index in [2.05, 4.69) is 0 Å². The van der Waals surface area contributed by atoms with Crippen LogP contribution < -0.4 is 0 Å². The van der Waals surface area contributed by atoms with Crippen LogP contribution in [0.15, 0.2) is 0 Å². The van der Waals surface area contributed by atoms with Crippen LogP contribution in [0.5, 0.6) is 0 Å². The molecule has 1 aliphatic carbocycles. The second kappa shape index (κ2) is 8.84. The third kappa shape index (κ3) is 4.37. The normalized spacial score (nSPS) is 25.0. The number of methoxy groups -OCH3 is 1. The molecule has 1 atom stereocenters. The third-order valence-corrected chi connectivity index (χ3v) is 5.99. The molecule has 7 nitrogen and oxygen atoms in total. The maximum Gasteiger partial charge on any atom is 0.228 e. The maximum atomic E-state index is 12.8. The highest BCUT2D eigenvalue weighted by atomic mass is 16.5. The second-order valence-electron chi connectivity index (χ2n) is 7.72. The van der Waals surface area contributed by atoms with Crippen molar-refractivity contribution in [2.24, 2.45) is 11.8 Å². The number of rotatable bonds is 5. The molecule has 3 amide bonds. The Morgan fingerprint density at radius 3 is 2.12 bits per heavy atom. The summed E-state index contributed by atoms with van der Waals surface area (Å²) in [6, 6.07) is 0. The first-order chi connectivity index (χ1) is 12.6. The van der Waals surface area contributed by atoms with Crippen molar-refractivity contribution >= 4 is 17.7 Å². The number of likely N-dealkylation sites (tertiary alicyclic amines) is 1. The van der Waals surface area contributed by atoms with Crippen LogP contribution in [-0.4, -0.2) is 85.4 Å². The van der Waals surface area contributed by atoms with Gasteiger partial charge in [-0.15, -0.1) is 0 Å². The van der Waals surface area contributed by atoms with Crippen LogP contribution in [0.1, 0.15) is 38.5 Å². The summed E-state index contributed by atoms with van der Waals surface area (Å²) in [5, 5.41) is 0. The Labute approximate surface area is 155 Å². The fraction of sp³-hybridized carbons (Fsp3) is 0.842. The van der Waals surface area contributed by atoms with E-state index >= 15 is 0 Å². The molecule has 3 fully saturated rings. The van der Waals surface area contributed by atoms with E-state index in [-0.39, 0.29) is 29.6 Å². The van der Waals surface area contributed by atoms with Crippen molar-refractivity contribution < 1.29 is 19.1 Å². The lowest BCUT2D eigenvalue weighted by atomic mass is 9.88. The molecule has 0 aromatic rings. The summed E-state index contributed by atoms with van der Waals surface area (Å²) < 4.78 is 5.02. The van der Waals surface area contributed by atoms with E-state index in [1.807, 2.05) is 9.80 Å². The highest BCUT2D eigenvalue weighted by Crippen LogP contribution is 2.26. The number of hydrogen-bond acceptors (Lipinski definition) is 4. The molecule has 0 spiro atoms. The minimum absolute atomic E-state index is 0.0338. The van der Waals surface area contributed by atoms with Gasteiger partial charge in [0.25, 0.3) is 0 Å². The van der Waals surface area contributed by atoms with Gasteiger partial charge in [0, 0.05) is 58.7 Å². The quantitative estimate of drug-likeness (QED) is 0.720. The number of amides is 3. The van der Waals surface area contributed by atoms with E-state index in [0.717, 1.165) is 25.7 Å². The third-order valence-electron chi connectivity index (χ3n) is 5.99. The highest BCUT2D eigenvalue weighted by molar-refractivity contribution is 5.89. The van der Waals surface area contributed by atoms with Crippen molar-refractivity contribution in [3.63, 3.8) is 0 Å². The largest absolute Gasteiger partial charge is 0.383 e. The molecular formula is C19H31N3O4. The number of carbonyl (C=O) groups excluding carboxylic acids is 3. The molecule has 0 bridgehead atoms. The lowest BCUT2D eigenvalue weighted by Crippen LogP contribution is -2.53. The lowest BCUT2D eigenvalue weighted by molar-refractivity contribution is -0.144. The smallest absolute Gasteiger partial charge is 0.228 e. The van der Waals surface area contributed by atoms with E-state index in [4.69, 9.17) is 4.74 Å². The number of ether oxygens (including phenoxy) is 1. The van der Waals surface area contributed by atoms with Crippen LogP contribution in [0.2, 0.25) is 0 Å². The van der Waals surface area contributed by atoms with Gasteiger partial charge in [-0.25, -0.2) is 0 Å².